The van der Waals surface area contributed by atoms with Crippen molar-refractivity contribution in [3.8, 4) is 0 Å². The van der Waals surface area contributed by atoms with Crippen molar-refractivity contribution in [1.29, 1.82) is 0 Å². The molecule has 0 bridgehead atoms. The Morgan fingerprint density at radius 2 is 1.34 bits per heavy atom. The number of nitrogens with zero attached hydrogens (tertiary/aromatic N) is 1. The molecule has 2 atom stereocenters. The Hall–Kier alpha value is -2.95. The average molecular weight is 444 g/mol. The molecule has 3 aromatic rings. The average Bonchev–Trinajstić information content (AvgIpc) is 2.80. The molecule has 1 saturated heterocycles. The van der Waals surface area contributed by atoms with Gasteiger partial charge in [0.05, 0.1) is 0 Å². The van der Waals surface area contributed by atoms with Crippen molar-refractivity contribution < 1.29 is 14.1 Å². The summed E-state index contributed by atoms with van der Waals surface area (Å²) < 4.78 is 6.53. The van der Waals surface area contributed by atoms with Crippen molar-refractivity contribution in [3.63, 3.8) is 0 Å². The van der Waals surface area contributed by atoms with Crippen molar-refractivity contribution >= 4 is 16.4 Å². The first-order valence-corrected chi connectivity index (χ1v) is 11.6. The molecule has 4 nitrogen and oxygen atoms in total. The summed E-state index contributed by atoms with van der Waals surface area (Å²) in [6.45, 7) is 6.75. The smallest absolute Gasteiger partial charge is 0.198 e. The highest BCUT2D eigenvalue weighted by Gasteiger charge is 2.76. The van der Waals surface area contributed by atoms with Crippen molar-refractivity contribution in [3.05, 3.63) is 113 Å². The molecule has 1 fully saturated rings. The minimum Gasteiger partial charge on any atom is -0.400 e. The van der Waals surface area contributed by atoms with Crippen LogP contribution in [-0.4, -0.2) is 21.5 Å². The minimum atomic E-state index is -0.998. The molecule has 0 spiro atoms. The number of rotatable bonds is 6. The third-order valence-electron chi connectivity index (χ3n) is 6.44. The fourth-order valence-electron chi connectivity index (χ4n) is 5.23. The molecule has 1 aliphatic rings. The molecule has 1 heterocycles. The van der Waals surface area contributed by atoms with Crippen molar-refractivity contribution in [2.45, 2.75) is 38.5 Å². The highest BCUT2D eigenvalue weighted by molar-refractivity contribution is 5.98. The Morgan fingerprint density at radius 3 is 1.81 bits per heavy atom. The van der Waals surface area contributed by atoms with E-state index in [4.69, 9.17) is 9.26 Å². The van der Waals surface area contributed by atoms with E-state index in [0.717, 1.165) is 16.7 Å². The summed E-state index contributed by atoms with van der Waals surface area (Å²) >= 11 is 0. The summed E-state index contributed by atoms with van der Waals surface area (Å²) in [4.78, 5) is 18.9. The van der Waals surface area contributed by atoms with Crippen LogP contribution < -0.4 is 0 Å². The van der Waals surface area contributed by atoms with E-state index in [9.17, 15) is 4.79 Å². The van der Waals surface area contributed by atoms with Gasteiger partial charge in [-0.25, -0.2) is 9.86 Å². The number of hydrogen-bond donors (Lipinski definition) is 0. The predicted octanol–water partition coefficient (Wildman–Crippen LogP) is 4.28. The van der Waals surface area contributed by atoms with Crippen molar-refractivity contribution in [2.24, 2.45) is 5.41 Å². The topological polar surface area (TPSA) is 38.8 Å². The van der Waals surface area contributed by atoms with Gasteiger partial charge < -0.3 is 4.43 Å². The summed E-state index contributed by atoms with van der Waals surface area (Å²) in [5, 5.41) is 1.66. The zero-order valence-corrected chi connectivity index (χ0v) is 21.0. The zero-order chi connectivity index (χ0) is 22.8. The fraction of sp³-hybridized carbons (Fsp3) is 0.259. The normalized spacial score (nSPS) is 23.0. The van der Waals surface area contributed by atoms with E-state index in [2.05, 4.69) is 38.8 Å². The fourth-order valence-corrected chi connectivity index (χ4v) is 5.93. The van der Waals surface area contributed by atoms with Gasteiger partial charge in [0, 0.05) is 5.56 Å². The van der Waals surface area contributed by atoms with E-state index >= 15 is 0 Å². The van der Waals surface area contributed by atoms with Crippen LogP contribution in [0.25, 0.3) is 0 Å². The first kappa shape index (κ1) is 22.2. The van der Waals surface area contributed by atoms with E-state index in [0.29, 0.717) is 22.8 Å². The van der Waals surface area contributed by atoms with Gasteiger partial charge in [-0.05, 0) is 16.5 Å². The van der Waals surface area contributed by atoms with E-state index in [1.165, 1.54) is 0 Å². The molecule has 0 N–H and O–H groups in total. The first-order chi connectivity index (χ1) is 15.4. The van der Waals surface area contributed by atoms with Crippen LogP contribution >= 0.6 is 0 Å². The second kappa shape index (κ2) is 8.53. The van der Waals surface area contributed by atoms with E-state index in [-0.39, 0.29) is 5.41 Å². The number of hydrogen-bond acceptors (Lipinski definition) is 4. The molecule has 0 saturated carbocycles. The van der Waals surface area contributed by atoms with Gasteiger partial charge in [0.25, 0.3) is 0 Å². The quantitative estimate of drug-likeness (QED) is 0.421. The maximum atomic E-state index is 12.6. The lowest BCUT2D eigenvalue weighted by molar-refractivity contribution is -0.371. The van der Waals surface area contributed by atoms with Crippen LogP contribution in [0.5, 0.6) is 0 Å². The molecular weight excluding hydrogens is 414 g/mol. The second-order valence-corrected chi connectivity index (χ2v) is 9.49. The van der Waals surface area contributed by atoms with Gasteiger partial charge in [-0.2, -0.15) is 0 Å². The van der Waals surface area contributed by atoms with Gasteiger partial charge in [0.1, 0.15) is 34.1 Å². The molecule has 0 aliphatic carbocycles. The van der Waals surface area contributed by atoms with Crippen LogP contribution in [0.1, 0.15) is 37.5 Å². The number of carbonyl (C=O) groups excluding carboxylic acids is 1. The largest absolute Gasteiger partial charge is 0.400 e. The molecular formula is C27H29NO3Si. The zero-order valence-electron chi connectivity index (χ0n) is 19.0. The summed E-state index contributed by atoms with van der Waals surface area (Å²) in [7, 11) is 0.443. The SMILES string of the molecule is CC(C)(C)C1(c2ccccc2)C(=C=O)N(OCc2ccccc2)C1(O[SiH3])c1ccccc1. The van der Waals surface area contributed by atoms with E-state index in [1.54, 1.807) is 5.06 Å². The highest BCUT2D eigenvalue weighted by Crippen LogP contribution is 2.68. The molecule has 2 unspecified atom stereocenters. The first-order valence-electron chi connectivity index (χ1n) is 10.8. The highest BCUT2D eigenvalue weighted by atomic mass is 28.2. The molecule has 5 heteroatoms. The van der Waals surface area contributed by atoms with Crippen LogP contribution in [0.4, 0.5) is 0 Å². The molecule has 164 valence electrons. The Morgan fingerprint density at radius 1 is 0.844 bits per heavy atom. The monoisotopic (exact) mass is 443 g/mol. The molecule has 4 rings (SSSR count). The van der Waals surface area contributed by atoms with Gasteiger partial charge in [0.15, 0.2) is 5.72 Å². The maximum absolute atomic E-state index is 12.6. The summed E-state index contributed by atoms with van der Waals surface area (Å²) in [6.07, 6.45) is 0. The van der Waals surface area contributed by atoms with Crippen LogP contribution in [-0.2, 0) is 31.8 Å². The van der Waals surface area contributed by atoms with Crippen LogP contribution in [0.3, 0.4) is 0 Å². The molecule has 3 aromatic carbocycles. The van der Waals surface area contributed by atoms with Crippen LogP contribution in [0.2, 0.25) is 0 Å². The molecule has 1 aliphatic heterocycles. The van der Waals surface area contributed by atoms with Gasteiger partial charge in [-0.3, -0.25) is 4.84 Å². The lowest BCUT2D eigenvalue weighted by Gasteiger charge is -2.69. The van der Waals surface area contributed by atoms with Crippen molar-refractivity contribution in [1.82, 2.24) is 5.06 Å². The molecule has 32 heavy (non-hydrogen) atoms. The van der Waals surface area contributed by atoms with Gasteiger partial charge in [-0.1, -0.05) is 112 Å². The van der Waals surface area contributed by atoms with Gasteiger partial charge >= 0.3 is 0 Å². The van der Waals surface area contributed by atoms with Crippen molar-refractivity contribution in [2.75, 3.05) is 0 Å². The second-order valence-electron chi connectivity index (χ2n) is 9.08. The predicted molar refractivity (Wildman–Crippen MR) is 129 cm³/mol. The maximum Gasteiger partial charge on any atom is 0.198 e. The summed E-state index contributed by atoms with van der Waals surface area (Å²) in [6, 6.07) is 30.1. The van der Waals surface area contributed by atoms with Crippen LogP contribution in [0.15, 0.2) is 96.7 Å². The molecule has 0 radical (unpaired) electrons. The Bertz CT molecular complexity index is 1110. The standard InChI is InChI=1S/C27H29NO3Si/c1-25(2,3)26(22-15-9-5-10-16-22)24(19-29)28(30-20-21-13-7-4-8-14-21)27(26,31-32)23-17-11-6-12-18-23/h4-18H,20H2,1-3,32H3. The molecule has 0 aromatic heterocycles. The minimum absolute atomic E-state index is 0.320. The van der Waals surface area contributed by atoms with E-state index in [1.807, 2.05) is 78.9 Å². The third-order valence-corrected chi connectivity index (χ3v) is 7.04. The third kappa shape index (κ3) is 3.09. The number of benzene rings is 3. The lowest BCUT2D eigenvalue weighted by atomic mass is 9.49. The van der Waals surface area contributed by atoms with Gasteiger partial charge in [0.2, 0.25) is 0 Å². The summed E-state index contributed by atoms with van der Waals surface area (Å²) in [5.74, 6) is 2.25. The Balaban J connectivity index is 1.95. The lowest BCUT2D eigenvalue weighted by Crippen LogP contribution is -2.77. The van der Waals surface area contributed by atoms with Gasteiger partial charge in [-0.15, -0.1) is 0 Å². The molecule has 0 amide bonds. The van der Waals surface area contributed by atoms with Crippen LogP contribution in [0, 0.1) is 5.41 Å². The Labute approximate surface area is 193 Å². The number of hydroxylamine groups is 2. The summed E-state index contributed by atoms with van der Waals surface area (Å²) in [5.41, 5.74) is 1.25. The van der Waals surface area contributed by atoms with E-state index < -0.39 is 11.1 Å². The Kier molecular flexibility index (Phi) is 5.93.